The van der Waals surface area contributed by atoms with Gasteiger partial charge in [0.2, 0.25) is 0 Å². The van der Waals surface area contributed by atoms with Crippen molar-refractivity contribution in [2.75, 3.05) is 0 Å². The molecular weight excluding hydrogens is 396 g/mol. The highest BCUT2D eigenvalue weighted by atomic mass is 16.4. The summed E-state index contributed by atoms with van der Waals surface area (Å²) in [5, 5.41) is 4.67. The second-order valence-corrected chi connectivity index (χ2v) is 8.00. The number of benzene rings is 5. The van der Waals surface area contributed by atoms with Crippen molar-refractivity contribution in [2.24, 2.45) is 0 Å². The van der Waals surface area contributed by atoms with E-state index < -0.39 is 0 Å². The molecule has 0 unspecified atom stereocenters. The minimum atomic E-state index is -0.274. The fourth-order valence-corrected chi connectivity index (χ4v) is 4.84. The summed E-state index contributed by atoms with van der Waals surface area (Å²) in [5.74, 6) is 0.308. The lowest BCUT2D eigenvalue weighted by molar-refractivity contribution is 0.637. The van der Waals surface area contributed by atoms with E-state index in [-0.39, 0.29) is 5.56 Å². The molecule has 0 spiro atoms. The Morgan fingerprint density at radius 3 is 2.09 bits per heavy atom. The standard InChI is InChI=1S/C28H16N2O2/c31-27-25-21-12-6-4-10-19(21)20-11-5-7-13-22(20)26(25)30-23-16-18(17-8-2-1-3-9-17)14-15-24(23)32-28(30)29-27/h1-16H. The molecule has 0 amide bonds. The fourth-order valence-electron chi connectivity index (χ4n) is 4.84. The topological polar surface area (TPSA) is 47.5 Å². The molecule has 0 atom stereocenters. The molecule has 0 aliphatic carbocycles. The van der Waals surface area contributed by atoms with Gasteiger partial charge in [-0.1, -0.05) is 84.9 Å². The Morgan fingerprint density at radius 2 is 1.31 bits per heavy atom. The second-order valence-electron chi connectivity index (χ2n) is 8.00. The van der Waals surface area contributed by atoms with Crippen LogP contribution in [-0.4, -0.2) is 9.38 Å². The molecule has 32 heavy (non-hydrogen) atoms. The minimum absolute atomic E-state index is 0.274. The van der Waals surface area contributed by atoms with Crippen molar-refractivity contribution in [2.45, 2.75) is 0 Å². The molecule has 4 heteroatoms. The molecule has 0 radical (unpaired) electrons. The number of oxazole rings is 1. The lowest BCUT2D eigenvalue weighted by atomic mass is 9.97. The van der Waals surface area contributed by atoms with Crippen LogP contribution in [0.4, 0.5) is 0 Å². The highest BCUT2D eigenvalue weighted by Crippen LogP contribution is 2.36. The van der Waals surface area contributed by atoms with Crippen LogP contribution < -0.4 is 5.56 Å². The summed E-state index contributed by atoms with van der Waals surface area (Å²) in [5.41, 5.74) is 4.35. The summed E-state index contributed by atoms with van der Waals surface area (Å²) < 4.78 is 8.04. The Labute approximate surface area is 182 Å². The fraction of sp³-hybridized carbons (Fsp3) is 0. The highest BCUT2D eigenvalue weighted by Gasteiger charge is 2.18. The van der Waals surface area contributed by atoms with E-state index in [0.717, 1.165) is 43.7 Å². The van der Waals surface area contributed by atoms with Gasteiger partial charge in [0.25, 0.3) is 5.56 Å². The molecule has 4 nitrogen and oxygen atoms in total. The molecular formula is C28H16N2O2. The number of hydrogen-bond donors (Lipinski definition) is 0. The van der Waals surface area contributed by atoms with E-state index in [1.54, 1.807) is 0 Å². The van der Waals surface area contributed by atoms with E-state index in [4.69, 9.17) is 4.42 Å². The van der Waals surface area contributed by atoms with Crippen LogP contribution in [0.25, 0.3) is 60.5 Å². The van der Waals surface area contributed by atoms with Crippen molar-refractivity contribution >= 4 is 49.4 Å². The van der Waals surface area contributed by atoms with Gasteiger partial charge < -0.3 is 4.42 Å². The first-order valence-electron chi connectivity index (χ1n) is 10.5. The van der Waals surface area contributed by atoms with Crippen molar-refractivity contribution in [3.05, 3.63) is 107 Å². The Hall–Kier alpha value is -4.44. The maximum Gasteiger partial charge on any atom is 0.310 e. The van der Waals surface area contributed by atoms with Gasteiger partial charge in [-0.05, 0) is 39.4 Å². The first-order valence-corrected chi connectivity index (χ1v) is 10.5. The molecule has 2 aromatic heterocycles. The third-order valence-electron chi connectivity index (χ3n) is 6.24. The lowest BCUT2D eigenvalue weighted by Crippen LogP contribution is -2.10. The molecule has 0 fully saturated rings. The molecule has 7 rings (SSSR count). The number of hydrogen-bond acceptors (Lipinski definition) is 3. The van der Waals surface area contributed by atoms with Crippen LogP contribution in [0.3, 0.4) is 0 Å². The monoisotopic (exact) mass is 412 g/mol. The molecule has 0 N–H and O–H groups in total. The van der Waals surface area contributed by atoms with E-state index in [2.05, 4.69) is 41.4 Å². The Kier molecular flexibility index (Phi) is 3.39. The summed E-state index contributed by atoms with van der Waals surface area (Å²) in [6, 6.07) is 32.6. The summed E-state index contributed by atoms with van der Waals surface area (Å²) in [4.78, 5) is 17.6. The van der Waals surface area contributed by atoms with Crippen molar-refractivity contribution in [3.8, 4) is 11.1 Å². The SMILES string of the molecule is O=c1nc2oc3ccc(-c4ccccc4)cc3n2c2c3ccccc3c3ccccc3c12. The van der Waals surface area contributed by atoms with E-state index in [1.807, 2.05) is 65.1 Å². The maximum atomic E-state index is 13.2. The van der Waals surface area contributed by atoms with Crippen LogP contribution in [0.15, 0.2) is 106 Å². The first-order chi connectivity index (χ1) is 15.8. The highest BCUT2D eigenvalue weighted by molar-refractivity contribution is 6.24. The van der Waals surface area contributed by atoms with Gasteiger partial charge in [-0.2, -0.15) is 4.98 Å². The number of aromatic nitrogens is 2. The zero-order valence-electron chi connectivity index (χ0n) is 16.9. The normalized spacial score (nSPS) is 11.9. The van der Waals surface area contributed by atoms with E-state index in [1.165, 1.54) is 0 Å². The molecule has 0 bridgehead atoms. The van der Waals surface area contributed by atoms with Gasteiger partial charge in [0.15, 0.2) is 5.58 Å². The van der Waals surface area contributed by atoms with Crippen LogP contribution in [0, 0.1) is 0 Å². The van der Waals surface area contributed by atoms with Gasteiger partial charge in [-0.25, -0.2) is 0 Å². The van der Waals surface area contributed by atoms with Gasteiger partial charge in [-0.15, -0.1) is 0 Å². The van der Waals surface area contributed by atoms with Crippen molar-refractivity contribution in [1.29, 1.82) is 0 Å². The molecule has 0 saturated carbocycles. The molecule has 5 aromatic carbocycles. The summed E-state index contributed by atoms with van der Waals surface area (Å²) in [6.07, 6.45) is 0. The van der Waals surface area contributed by atoms with E-state index in [9.17, 15) is 4.79 Å². The summed E-state index contributed by atoms with van der Waals surface area (Å²) in [7, 11) is 0. The molecule has 2 heterocycles. The maximum absolute atomic E-state index is 13.2. The van der Waals surface area contributed by atoms with Gasteiger partial charge in [-0.3, -0.25) is 9.20 Å². The second kappa shape index (κ2) is 6.28. The first kappa shape index (κ1) is 17.3. The van der Waals surface area contributed by atoms with Gasteiger partial charge in [0, 0.05) is 5.39 Å². The average Bonchev–Trinajstić information content (AvgIpc) is 3.21. The summed E-state index contributed by atoms with van der Waals surface area (Å²) in [6.45, 7) is 0. The number of nitrogens with zero attached hydrogens (tertiary/aromatic N) is 2. The van der Waals surface area contributed by atoms with Crippen molar-refractivity contribution in [3.63, 3.8) is 0 Å². The lowest BCUT2D eigenvalue weighted by Gasteiger charge is -2.11. The predicted molar refractivity (Wildman–Crippen MR) is 129 cm³/mol. The molecule has 0 aliphatic rings. The molecule has 0 saturated heterocycles. The quantitative estimate of drug-likeness (QED) is 0.287. The van der Waals surface area contributed by atoms with Gasteiger partial charge >= 0.3 is 5.84 Å². The Morgan fingerprint density at radius 1 is 0.656 bits per heavy atom. The van der Waals surface area contributed by atoms with Crippen LogP contribution in [0.2, 0.25) is 0 Å². The van der Waals surface area contributed by atoms with Gasteiger partial charge in [0.1, 0.15) is 0 Å². The zero-order valence-corrected chi connectivity index (χ0v) is 16.9. The van der Waals surface area contributed by atoms with Crippen LogP contribution in [0.1, 0.15) is 0 Å². The summed E-state index contributed by atoms with van der Waals surface area (Å²) >= 11 is 0. The molecule has 7 aromatic rings. The van der Waals surface area contributed by atoms with E-state index >= 15 is 0 Å². The Balaban J connectivity index is 1.76. The third kappa shape index (κ3) is 2.26. The molecule has 0 aliphatic heterocycles. The minimum Gasteiger partial charge on any atom is -0.423 e. The number of fused-ring (bicyclic) bond motifs is 10. The van der Waals surface area contributed by atoms with E-state index in [0.29, 0.717) is 16.8 Å². The third-order valence-corrected chi connectivity index (χ3v) is 6.24. The van der Waals surface area contributed by atoms with Crippen LogP contribution >= 0.6 is 0 Å². The van der Waals surface area contributed by atoms with Crippen LogP contribution in [-0.2, 0) is 0 Å². The largest absolute Gasteiger partial charge is 0.423 e. The predicted octanol–water partition coefficient (Wildman–Crippen LogP) is 6.57. The van der Waals surface area contributed by atoms with Gasteiger partial charge in [0.05, 0.1) is 16.4 Å². The van der Waals surface area contributed by atoms with Crippen LogP contribution in [0.5, 0.6) is 0 Å². The number of rotatable bonds is 1. The Bertz CT molecular complexity index is 1900. The smallest absolute Gasteiger partial charge is 0.310 e. The average molecular weight is 412 g/mol. The molecule has 150 valence electrons. The van der Waals surface area contributed by atoms with Crippen molar-refractivity contribution < 1.29 is 4.42 Å². The van der Waals surface area contributed by atoms with Crippen molar-refractivity contribution in [1.82, 2.24) is 9.38 Å². The zero-order chi connectivity index (χ0) is 21.2.